The summed E-state index contributed by atoms with van der Waals surface area (Å²) in [6, 6.07) is 11.9. The molecule has 7 heteroatoms. The van der Waals surface area contributed by atoms with Crippen molar-refractivity contribution in [2.45, 2.75) is 12.8 Å². The van der Waals surface area contributed by atoms with Gasteiger partial charge in [-0.15, -0.1) is 0 Å². The molecular weight excluding hydrogens is 345 g/mol. The summed E-state index contributed by atoms with van der Waals surface area (Å²) < 4.78 is 42.9. The molecule has 26 heavy (non-hydrogen) atoms. The lowest BCUT2D eigenvalue weighted by molar-refractivity contribution is -0.138. The predicted octanol–water partition coefficient (Wildman–Crippen LogP) is 4.41. The second-order valence-corrected chi connectivity index (χ2v) is 5.42. The van der Waals surface area contributed by atoms with Crippen LogP contribution in [0.1, 0.15) is 16.8 Å². The minimum atomic E-state index is -4.44. The number of aromatic nitrogens is 2. The molecule has 0 aliphatic heterocycles. The van der Waals surface area contributed by atoms with Gasteiger partial charge in [0.25, 0.3) is 0 Å². The lowest BCUT2D eigenvalue weighted by atomic mass is 10.1. The van der Waals surface area contributed by atoms with Crippen LogP contribution >= 0.6 is 0 Å². The number of alkyl halides is 3. The summed E-state index contributed by atoms with van der Waals surface area (Å²) in [7, 11) is 0. The maximum atomic E-state index is 12.7. The van der Waals surface area contributed by atoms with Crippen LogP contribution in [0.3, 0.4) is 0 Å². The van der Waals surface area contributed by atoms with Crippen molar-refractivity contribution in [1.82, 2.24) is 9.97 Å². The first-order chi connectivity index (χ1) is 12.4. The second kappa shape index (κ2) is 7.35. The average molecular weight is 358 g/mol. The molecule has 0 bridgehead atoms. The molecule has 0 N–H and O–H groups in total. The zero-order valence-electron chi connectivity index (χ0n) is 13.4. The molecule has 0 saturated heterocycles. The number of nitrogens with zero attached hydrogens (tertiary/aromatic N) is 2. The Bertz CT molecular complexity index is 968. The van der Waals surface area contributed by atoms with Gasteiger partial charge >= 0.3 is 12.1 Å². The van der Waals surface area contributed by atoms with E-state index < -0.39 is 17.7 Å². The van der Waals surface area contributed by atoms with Gasteiger partial charge in [-0.2, -0.15) is 13.2 Å². The molecule has 1 aromatic heterocycles. The third kappa shape index (κ3) is 4.44. The summed E-state index contributed by atoms with van der Waals surface area (Å²) >= 11 is 0. The van der Waals surface area contributed by atoms with Gasteiger partial charge in [0.1, 0.15) is 6.61 Å². The number of para-hydroxylation sites is 2. The Morgan fingerprint density at radius 3 is 2.62 bits per heavy atom. The molecule has 3 aromatic rings. The molecule has 1 heterocycles. The molecule has 0 unspecified atom stereocenters. The summed E-state index contributed by atoms with van der Waals surface area (Å²) in [4.78, 5) is 20.3. The highest BCUT2D eigenvalue weighted by atomic mass is 19.4. The number of hydrogen-bond acceptors (Lipinski definition) is 4. The summed E-state index contributed by atoms with van der Waals surface area (Å²) in [6.07, 6.45) is -0.325. The van der Waals surface area contributed by atoms with Gasteiger partial charge in [0.05, 0.1) is 28.5 Å². The Morgan fingerprint density at radius 1 is 1.08 bits per heavy atom. The number of halogens is 3. The average Bonchev–Trinajstić information content (AvgIpc) is 2.64. The van der Waals surface area contributed by atoms with Gasteiger partial charge in [-0.25, -0.2) is 9.78 Å². The number of carbonyl (C=O) groups is 1. The molecule has 2 aromatic carbocycles. The molecule has 3 rings (SSSR count). The normalized spacial score (nSPS) is 11.8. The van der Waals surface area contributed by atoms with Crippen molar-refractivity contribution in [1.29, 1.82) is 0 Å². The molecule has 0 saturated carbocycles. The monoisotopic (exact) mass is 358 g/mol. The minimum Gasteiger partial charge on any atom is -0.458 e. The van der Waals surface area contributed by atoms with Gasteiger partial charge in [-0.1, -0.05) is 24.3 Å². The van der Waals surface area contributed by atoms with Crippen LogP contribution in [0.15, 0.2) is 60.8 Å². The maximum Gasteiger partial charge on any atom is 0.416 e. The molecule has 132 valence electrons. The third-order valence-electron chi connectivity index (χ3n) is 3.49. The van der Waals surface area contributed by atoms with Crippen molar-refractivity contribution < 1.29 is 22.7 Å². The van der Waals surface area contributed by atoms with E-state index in [0.29, 0.717) is 11.2 Å². The molecule has 0 spiro atoms. The second-order valence-electron chi connectivity index (χ2n) is 5.42. The fourth-order valence-corrected chi connectivity index (χ4v) is 2.25. The number of fused-ring (bicyclic) bond motifs is 1. The van der Waals surface area contributed by atoms with Gasteiger partial charge in [-0.05, 0) is 35.9 Å². The molecule has 0 aliphatic carbocycles. The Labute approximate surface area is 147 Å². The van der Waals surface area contributed by atoms with E-state index in [4.69, 9.17) is 4.74 Å². The SMILES string of the molecule is O=C(/C=C/c1cnc2ccccc2n1)OCc1cccc(C(F)(F)F)c1. The molecule has 0 atom stereocenters. The van der Waals surface area contributed by atoms with Crippen molar-refractivity contribution in [2.24, 2.45) is 0 Å². The smallest absolute Gasteiger partial charge is 0.416 e. The lowest BCUT2D eigenvalue weighted by Crippen LogP contribution is -2.06. The Kier molecular flexibility index (Phi) is 4.97. The van der Waals surface area contributed by atoms with Gasteiger partial charge < -0.3 is 4.74 Å². The number of carbonyl (C=O) groups excluding carboxylic acids is 1. The molecule has 4 nitrogen and oxygen atoms in total. The van der Waals surface area contributed by atoms with Crippen LogP contribution in [0.5, 0.6) is 0 Å². The molecular formula is C19H13F3N2O2. The highest BCUT2D eigenvalue weighted by molar-refractivity contribution is 5.87. The number of hydrogen-bond donors (Lipinski definition) is 0. The first kappa shape index (κ1) is 17.6. The van der Waals surface area contributed by atoms with Gasteiger partial charge in [-0.3, -0.25) is 4.98 Å². The molecule has 0 fully saturated rings. The van der Waals surface area contributed by atoms with E-state index in [9.17, 15) is 18.0 Å². The number of rotatable bonds is 4. The summed E-state index contributed by atoms with van der Waals surface area (Å²) in [5.74, 6) is -0.683. The van der Waals surface area contributed by atoms with Crippen LogP contribution in [0, 0.1) is 0 Å². The van der Waals surface area contributed by atoms with Gasteiger partial charge in [0.15, 0.2) is 0 Å². The zero-order chi connectivity index (χ0) is 18.6. The highest BCUT2D eigenvalue weighted by Crippen LogP contribution is 2.29. The van der Waals surface area contributed by atoms with Crippen molar-refractivity contribution in [3.05, 3.63) is 77.6 Å². The van der Waals surface area contributed by atoms with E-state index in [0.717, 1.165) is 23.7 Å². The fourth-order valence-electron chi connectivity index (χ4n) is 2.25. The Morgan fingerprint density at radius 2 is 1.85 bits per heavy atom. The predicted molar refractivity (Wildman–Crippen MR) is 89.8 cm³/mol. The zero-order valence-corrected chi connectivity index (χ0v) is 13.4. The summed E-state index contributed by atoms with van der Waals surface area (Å²) in [5, 5.41) is 0. The van der Waals surface area contributed by atoms with Gasteiger partial charge in [0.2, 0.25) is 0 Å². The van der Waals surface area contributed by atoms with E-state index in [1.54, 1.807) is 6.07 Å². The van der Waals surface area contributed by atoms with Crippen LogP contribution < -0.4 is 0 Å². The van der Waals surface area contributed by atoms with Gasteiger partial charge in [0, 0.05) is 6.08 Å². The first-order valence-corrected chi connectivity index (χ1v) is 7.64. The topological polar surface area (TPSA) is 52.1 Å². The Balaban J connectivity index is 1.62. The van der Waals surface area contributed by atoms with E-state index in [1.165, 1.54) is 24.4 Å². The Hall–Kier alpha value is -3.22. The number of esters is 1. The fraction of sp³-hybridized carbons (Fsp3) is 0.105. The first-order valence-electron chi connectivity index (χ1n) is 7.64. The van der Waals surface area contributed by atoms with Crippen LogP contribution in [-0.2, 0) is 22.3 Å². The van der Waals surface area contributed by atoms with Crippen LogP contribution in [0.2, 0.25) is 0 Å². The highest BCUT2D eigenvalue weighted by Gasteiger charge is 2.30. The van der Waals surface area contributed by atoms with E-state index in [1.807, 2.05) is 18.2 Å². The van der Waals surface area contributed by atoms with Crippen molar-refractivity contribution >= 4 is 23.1 Å². The quantitative estimate of drug-likeness (QED) is 0.512. The van der Waals surface area contributed by atoms with Crippen LogP contribution in [-0.4, -0.2) is 15.9 Å². The maximum absolute atomic E-state index is 12.7. The van der Waals surface area contributed by atoms with E-state index >= 15 is 0 Å². The van der Waals surface area contributed by atoms with E-state index in [-0.39, 0.29) is 12.2 Å². The number of benzene rings is 2. The summed E-state index contributed by atoms with van der Waals surface area (Å²) in [5.41, 5.74) is 1.36. The van der Waals surface area contributed by atoms with E-state index in [2.05, 4.69) is 9.97 Å². The number of ether oxygens (including phenoxy) is 1. The third-order valence-corrected chi connectivity index (χ3v) is 3.49. The van der Waals surface area contributed by atoms with Crippen molar-refractivity contribution in [2.75, 3.05) is 0 Å². The largest absolute Gasteiger partial charge is 0.458 e. The van der Waals surface area contributed by atoms with Crippen molar-refractivity contribution in [3.63, 3.8) is 0 Å². The molecule has 0 amide bonds. The summed E-state index contributed by atoms with van der Waals surface area (Å²) in [6.45, 7) is -0.253. The standard InChI is InChI=1S/C19H13F3N2O2/c20-19(21,22)14-5-3-4-13(10-14)12-26-18(25)9-8-15-11-23-16-6-1-2-7-17(16)24-15/h1-11H,12H2/b9-8+. The van der Waals surface area contributed by atoms with Crippen LogP contribution in [0.25, 0.3) is 17.1 Å². The molecule has 0 radical (unpaired) electrons. The molecule has 0 aliphatic rings. The van der Waals surface area contributed by atoms with Crippen molar-refractivity contribution in [3.8, 4) is 0 Å². The van der Waals surface area contributed by atoms with Crippen LogP contribution in [0.4, 0.5) is 13.2 Å². The lowest BCUT2D eigenvalue weighted by Gasteiger charge is -2.08. The minimum absolute atomic E-state index is 0.253.